The molecule has 0 saturated heterocycles. The van der Waals surface area contributed by atoms with E-state index in [0.29, 0.717) is 6.54 Å². The van der Waals surface area contributed by atoms with Crippen molar-refractivity contribution in [2.24, 2.45) is 5.73 Å². The first kappa shape index (κ1) is 16.2. The fourth-order valence-electron chi connectivity index (χ4n) is 0.858. The second-order valence-electron chi connectivity index (χ2n) is 2.89. The smallest absolute Gasteiger partial charge is 0.261 e. The molecule has 0 heterocycles. The van der Waals surface area contributed by atoms with E-state index in [-0.39, 0.29) is 6.10 Å². The number of rotatable bonds is 6. The number of ether oxygens (including phenoxy) is 1. The molecule has 0 aliphatic carbocycles. The fourth-order valence-corrected chi connectivity index (χ4v) is 0.858. The molecule has 0 spiro atoms. The van der Waals surface area contributed by atoms with Crippen LogP contribution in [0.25, 0.3) is 0 Å². The molecule has 0 fully saturated rings. The second kappa shape index (κ2) is 10.8. The molecule has 0 amide bonds. The standard InChI is InChI=1S/C8H17F2NO.CH5N/c1-4-11(3)5-7(2)12-6-8(9)10;1-2/h7-8H,4-6H2,1-3H3;2H2,1H3. The molecule has 0 aromatic heterocycles. The molecule has 0 aliphatic rings. The summed E-state index contributed by atoms with van der Waals surface area (Å²) in [6.07, 6.45) is -2.48. The van der Waals surface area contributed by atoms with Gasteiger partial charge >= 0.3 is 0 Å². The van der Waals surface area contributed by atoms with Crippen LogP contribution in [0.4, 0.5) is 8.78 Å². The predicted octanol–water partition coefficient (Wildman–Crippen LogP) is 1.18. The molecule has 1 unspecified atom stereocenters. The number of likely N-dealkylation sites (N-methyl/N-ethyl adjacent to an activating group) is 1. The highest BCUT2D eigenvalue weighted by Crippen LogP contribution is 1.98. The van der Waals surface area contributed by atoms with Gasteiger partial charge < -0.3 is 15.4 Å². The van der Waals surface area contributed by atoms with Crippen LogP contribution in [0, 0.1) is 0 Å². The van der Waals surface area contributed by atoms with E-state index in [9.17, 15) is 8.78 Å². The Kier molecular flexibility index (Phi) is 12.5. The van der Waals surface area contributed by atoms with Gasteiger partial charge in [0.05, 0.1) is 6.10 Å². The van der Waals surface area contributed by atoms with Crippen LogP contribution in [0.3, 0.4) is 0 Å². The normalized spacial score (nSPS) is 12.6. The molecule has 0 bridgehead atoms. The van der Waals surface area contributed by atoms with Crippen molar-refractivity contribution in [3.63, 3.8) is 0 Å². The minimum Gasteiger partial charge on any atom is -0.371 e. The maximum Gasteiger partial charge on any atom is 0.261 e. The van der Waals surface area contributed by atoms with E-state index >= 15 is 0 Å². The first-order valence-corrected chi connectivity index (χ1v) is 4.72. The largest absolute Gasteiger partial charge is 0.371 e. The Balaban J connectivity index is 0. The van der Waals surface area contributed by atoms with Gasteiger partial charge in [0.2, 0.25) is 0 Å². The van der Waals surface area contributed by atoms with Crippen molar-refractivity contribution >= 4 is 0 Å². The SMILES string of the molecule is CCN(C)CC(C)OCC(F)F.CN. The number of hydrogen-bond acceptors (Lipinski definition) is 3. The average molecular weight is 212 g/mol. The zero-order valence-corrected chi connectivity index (χ0v) is 9.46. The minimum absolute atomic E-state index is 0.121. The summed E-state index contributed by atoms with van der Waals surface area (Å²) >= 11 is 0. The van der Waals surface area contributed by atoms with Crippen LogP contribution >= 0.6 is 0 Å². The highest BCUT2D eigenvalue weighted by molar-refractivity contribution is 4.56. The van der Waals surface area contributed by atoms with Gasteiger partial charge in [0.15, 0.2) is 0 Å². The van der Waals surface area contributed by atoms with E-state index in [2.05, 4.69) is 5.73 Å². The number of nitrogens with zero attached hydrogens (tertiary/aromatic N) is 1. The summed E-state index contributed by atoms with van der Waals surface area (Å²) in [5, 5.41) is 0. The van der Waals surface area contributed by atoms with Crippen LogP contribution in [-0.4, -0.2) is 51.2 Å². The summed E-state index contributed by atoms with van der Waals surface area (Å²) in [7, 11) is 3.43. The van der Waals surface area contributed by atoms with E-state index in [1.54, 1.807) is 6.92 Å². The Labute approximate surface area is 85.2 Å². The molecule has 0 aliphatic heterocycles. The van der Waals surface area contributed by atoms with Gasteiger partial charge in [-0.2, -0.15) is 0 Å². The monoisotopic (exact) mass is 212 g/mol. The molecular formula is C9H22F2N2O. The van der Waals surface area contributed by atoms with Crippen LogP contribution in [0.5, 0.6) is 0 Å². The zero-order valence-electron chi connectivity index (χ0n) is 9.46. The zero-order chi connectivity index (χ0) is 11.6. The lowest BCUT2D eigenvalue weighted by molar-refractivity contribution is -0.0258. The third-order valence-electron chi connectivity index (χ3n) is 1.62. The molecule has 3 nitrogen and oxygen atoms in total. The minimum atomic E-state index is -2.36. The Morgan fingerprint density at radius 3 is 2.21 bits per heavy atom. The lowest BCUT2D eigenvalue weighted by Crippen LogP contribution is -2.30. The molecule has 88 valence electrons. The van der Waals surface area contributed by atoms with E-state index in [4.69, 9.17) is 4.74 Å². The summed E-state index contributed by atoms with van der Waals surface area (Å²) in [6.45, 7) is 4.96. The molecule has 2 N–H and O–H groups in total. The number of halogens is 2. The Hall–Kier alpha value is -0.260. The highest BCUT2D eigenvalue weighted by Gasteiger charge is 2.08. The van der Waals surface area contributed by atoms with Crippen molar-refractivity contribution in [3.05, 3.63) is 0 Å². The maximum absolute atomic E-state index is 11.7. The van der Waals surface area contributed by atoms with Crippen LogP contribution in [0.15, 0.2) is 0 Å². The summed E-state index contributed by atoms with van der Waals surface area (Å²) in [5.41, 5.74) is 4.50. The first-order chi connectivity index (χ1) is 6.56. The molecule has 0 radical (unpaired) electrons. The van der Waals surface area contributed by atoms with Gasteiger partial charge in [0.1, 0.15) is 6.61 Å². The molecule has 5 heteroatoms. The van der Waals surface area contributed by atoms with Gasteiger partial charge in [-0.05, 0) is 27.6 Å². The van der Waals surface area contributed by atoms with E-state index < -0.39 is 13.0 Å². The molecule has 1 atom stereocenters. The van der Waals surface area contributed by atoms with E-state index in [1.165, 1.54) is 7.05 Å². The predicted molar refractivity (Wildman–Crippen MR) is 54.7 cm³/mol. The molecule has 0 rings (SSSR count). The molecular weight excluding hydrogens is 190 g/mol. The van der Waals surface area contributed by atoms with Crippen molar-refractivity contribution in [1.82, 2.24) is 4.90 Å². The summed E-state index contributed by atoms with van der Waals surface area (Å²) < 4.78 is 28.2. The quantitative estimate of drug-likeness (QED) is 0.718. The summed E-state index contributed by atoms with van der Waals surface area (Å²) in [6, 6.07) is 0. The number of alkyl halides is 2. The van der Waals surface area contributed by atoms with Gasteiger partial charge in [-0.25, -0.2) is 8.78 Å². The highest BCUT2D eigenvalue weighted by atomic mass is 19.3. The van der Waals surface area contributed by atoms with Crippen LogP contribution in [-0.2, 0) is 4.74 Å². The number of nitrogens with two attached hydrogens (primary N) is 1. The van der Waals surface area contributed by atoms with Crippen molar-refractivity contribution in [3.8, 4) is 0 Å². The third kappa shape index (κ3) is 11.7. The summed E-state index contributed by atoms with van der Waals surface area (Å²) in [4.78, 5) is 2.02. The van der Waals surface area contributed by atoms with E-state index in [0.717, 1.165) is 6.54 Å². The van der Waals surface area contributed by atoms with Crippen LogP contribution in [0.1, 0.15) is 13.8 Å². The number of hydrogen-bond donors (Lipinski definition) is 1. The van der Waals surface area contributed by atoms with Gasteiger partial charge in [-0.1, -0.05) is 6.92 Å². The fraction of sp³-hybridized carbons (Fsp3) is 1.00. The maximum atomic E-state index is 11.7. The van der Waals surface area contributed by atoms with Gasteiger partial charge in [0.25, 0.3) is 6.43 Å². The van der Waals surface area contributed by atoms with Crippen LogP contribution in [0.2, 0.25) is 0 Å². The van der Waals surface area contributed by atoms with Gasteiger partial charge in [-0.15, -0.1) is 0 Å². The first-order valence-electron chi connectivity index (χ1n) is 4.72. The Bertz CT molecular complexity index is 115. The molecule has 0 aromatic carbocycles. The molecule has 0 saturated carbocycles. The van der Waals surface area contributed by atoms with E-state index in [1.807, 2.05) is 18.9 Å². The van der Waals surface area contributed by atoms with Crippen LogP contribution < -0.4 is 5.73 Å². The van der Waals surface area contributed by atoms with Gasteiger partial charge in [-0.3, -0.25) is 0 Å². The Morgan fingerprint density at radius 2 is 1.86 bits per heavy atom. The molecule has 0 aromatic rings. The summed E-state index contributed by atoms with van der Waals surface area (Å²) in [5.74, 6) is 0. The van der Waals surface area contributed by atoms with Crippen molar-refractivity contribution in [1.29, 1.82) is 0 Å². The van der Waals surface area contributed by atoms with Crippen molar-refractivity contribution < 1.29 is 13.5 Å². The van der Waals surface area contributed by atoms with Crippen molar-refractivity contribution in [2.75, 3.05) is 33.8 Å². The average Bonchev–Trinajstić information content (AvgIpc) is 2.17. The van der Waals surface area contributed by atoms with Crippen molar-refractivity contribution in [2.45, 2.75) is 26.4 Å². The molecule has 14 heavy (non-hydrogen) atoms. The lowest BCUT2D eigenvalue weighted by atomic mass is 10.4. The second-order valence-corrected chi connectivity index (χ2v) is 2.89. The lowest BCUT2D eigenvalue weighted by Gasteiger charge is -2.19. The Morgan fingerprint density at radius 1 is 1.36 bits per heavy atom. The topological polar surface area (TPSA) is 38.5 Å². The van der Waals surface area contributed by atoms with Gasteiger partial charge in [0, 0.05) is 6.54 Å². The third-order valence-corrected chi connectivity index (χ3v) is 1.62.